The molecule has 0 aliphatic rings. The molecule has 0 aromatic carbocycles. The molecule has 0 atom stereocenters. The van der Waals surface area contributed by atoms with E-state index >= 15 is 0 Å². The number of imidazole rings is 1. The van der Waals surface area contributed by atoms with E-state index in [9.17, 15) is 0 Å². The first-order chi connectivity index (χ1) is 7.91. The van der Waals surface area contributed by atoms with Crippen LogP contribution >= 0.6 is 15.9 Å². The fourth-order valence-corrected chi connectivity index (χ4v) is 0.996. The molecule has 2 N–H and O–H groups in total. The molecule has 5 nitrogen and oxygen atoms in total. The Balaban J connectivity index is 2.76. The molecule has 0 spiro atoms. The Morgan fingerprint density at radius 2 is 2.38 bits per heavy atom. The number of hydrogen-bond acceptors (Lipinski definition) is 4. The number of nitrogens with zero attached hydrogens (tertiary/aromatic N) is 4. The van der Waals surface area contributed by atoms with Gasteiger partial charge in [-0.1, -0.05) is 0 Å². The van der Waals surface area contributed by atoms with Gasteiger partial charge in [0.2, 0.25) is 5.95 Å². The molecule has 0 saturated carbocycles. The quantitative estimate of drug-likeness (QED) is 0.812. The summed E-state index contributed by atoms with van der Waals surface area (Å²) in [6, 6.07) is -0.314. The maximum Gasteiger partial charge on any atom is 0.221 e. The maximum atomic E-state index is 7.68. The van der Waals surface area contributed by atoms with Gasteiger partial charge in [0.15, 0.2) is 0 Å². The predicted octanol–water partition coefficient (Wildman–Crippen LogP) is 1.01. The van der Waals surface area contributed by atoms with Crippen LogP contribution in [0.4, 0.5) is 5.95 Å². The summed E-state index contributed by atoms with van der Waals surface area (Å²) in [5, 5.41) is 0. The topological polar surface area (TPSA) is 69.6 Å². The Kier molecular flexibility index (Phi) is 1.14. The molecule has 0 bridgehead atoms. The third-order valence-electron chi connectivity index (χ3n) is 1.22. The van der Waals surface area contributed by atoms with Gasteiger partial charge in [-0.25, -0.2) is 9.97 Å². The average molecular weight is 244 g/mol. The first-order valence-corrected chi connectivity index (χ1v) is 4.03. The van der Waals surface area contributed by atoms with Crippen LogP contribution in [-0.4, -0.2) is 19.5 Å². The zero-order valence-electron chi connectivity index (χ0n) is 10.2. The van der Waals surface area contributed by atoms with Crippen LogP contribution in [0.25, 0.3) is 5.82 Å². The molecule has 2 aromatic heterocycles. The highest BCUT2D eigenvalue weighted by Crippen LogP contribution is 2.09. The summed E-state index contributed by atoms with van der Waals surface area (Å²) < 4.78 is 31.4. The predicted molar refractivity (Wildman–Crippen MR) is 51.3 cm³/mol. The number of nitrogens with two attached hydrogens (primary N) is 1. The van der Waals surface area contributed by atoms with E-state index < -0.39 is 0 Å². The monoisotopic (exact) mass is 243 g/mol. The summed E-state index contributed by atoms with van der Waals surface area (Å²) in [7, 11) is 0. The van der Waals surface area contributed by atoms with Crippen LogP contribution in [-0.2, 0) is 0 Å². The minimum absolute atomic E-state index is 0.101. The van der Waals surface area contributed by atoms with Gasteiger partial charge in [0, 0.05) is 12.3 Å². The van der Waals surface area contributed by atoms with E-state index in [0.29, 0.717) is 0 Å². The number of anilines is 1. The number of hydrogen-bond donors (Lipinski definition) is 1. The van der Waals surface area contributed by atoms with Crippen LogP contribution < -0.4 is 5.73 Å². The highest BCUT2D eigenvalue weighted by atomic mass is 79.9. The molecule has 2 aromatic rings. The second-order valence-electron chi connectivity index (χ2n) is 2.09. The Bertz CT molecular complexity index is 598. The fourth-order valence-electron chi connectivity index (χ4n) is 0.739. The van der Waals surface area contributed by atoms with Crippen molar-refractivity contribution in [1.82, 2.24) is 19.5 Å². The first-order valence-electron chi connectivity index (χ1n) is 5.24. The number of nitrogen functional groups attached to an aromatic ring is 1. The largest absolute Gasteiger partial charge is 0.368 e. The van der Waals surface area contributed by atoms with Crippen molar-refractivity contribution in [3.05, 3.63) is 29.3 Å². The van der Waals surface area contributed by atoms with Crippen molar-refractivity contribution in [2.45, 2.75) is 0 Å². The van der Waals surface area contributed by atoms with Gasteiger partial charge in [-0.15, -0.1) is 0 Å². The molecule has 0 saturated heterocycles. The van der Waals surface area contributed by atoms with Crippen molar-refractivity contribution >= 4 is 21.9 Å². The molecular weight excluding hydrogens is 234 g/mol. The molecule has 0 unspecified atom stereocenters. The zero-order chi connectivity index (χ0) is 12.7. The van der Waals surface area contributed by atoms with Gasteiger partial charge in [0.1, 0.15) is 18.1 Å². The minimum Gasteiger partial charge on any atom is -0.368 e. The highest BCUT2D eigenvalue weighted by Gasteiger charge is 1.99. The van der Waals surface area contributed by atoms with Crippen molar-refractivity contribution in [2.75, 3.05) is 5.73 Å². The second kappa shape index (κ2) is 3.14. The summed E-state index contributed by atoms with van der Waals surface area (Å²) in [4.78, 5) is 11.0. The lowest BCUT2D eigenvalue weighted by Crippen LogP contribution is -1.99. The molecule has 0 aliphatic carbocycles. The molecule has 66 valence electrons. The average Bonchev–Trinajstić information content (AvgIpc) is 2.48. The standard InChI is InChI=1S/C7H6BrN5/c8-5-3-13(4-11-5)6-1-2-10-7(9)12-6/h1-4H,(H2,9,10,12)/i1D,2D,3D,4D. The Labute approximate surface area is 88.4 Å². The fraction of sp³-hybridized carbons (Fsp3) is 0. The lowest BCUT2D eigenvalue weighted by atomic mass is 10.6. The molecular formula is C7H6BrN5. The van der Waals surface area contributed by atoms with Crippen molar-refractivity contribution in [2.24, 2.45) is 0 Å². The van der Waals surface area contributed by atoms with Gasteiger partial charge in [-0.05, 0) is 22.0 Å². The van der Waals surface area contributed by atoms with Gasteiger partial charge in [-0.3, -0.25) is 4.57 Å². The van der Waals surface area contributed by atoms with Crippen LogP contribution in [0.3, 0.4) is 0 Å². The number of aromatic nitrogens is 4. The van der Waals surface area contributed by atoms with E-state index in [2.05, 4.69) is 30.9 Å². The van der Waals surface area contributed by atoms with E-state index in [4.69, 9.17) is 11.2 Å². The van der Waals surface area contributed by atoms with Gasteiger partial charge < -0.3 is 5.73 Å². The molecule has 2 rings (SSSR count). The third kappa shape index (κ3) is 1.67. The lowest BCUT2D eigenvalue weighted by molar-refractivity contribution is 0.978. The van der Waals surface area contributed by atoms with Crippen molar-refractivity contribution in [3.63, 3.8) is 0 Å². The maximum absolute atomic E-state index is 7.68. The number of halogens is 1. The van der Waals surface area contributed by atoms with Crippen LogP contribution in [0.2, 0.25) is 0 Å². The van der Waals surface area contributed by atoms with Crippen LogP contribution in [0.1, 0.15) is 5.48 Å². The van der Waals surface area contributed by atoms with E-state index in [1.54, 1.807) is 0 Å². The molecule has 0 radical (unpaired) electrons. The van der Waals surface area contributed by atoms with Crippen LogP contribution in [0.5, 0.6) is 0 Å². The van der Waals surface area contributed by atoms with Crippen molar-refractivity contribution in [1.29, 1.82) is 0 Å². The Morgan fingerprint density at radius 1 is 1.54 bits per heavy atom. The van der Waals surface area contributed by atoms with Crippen molar-refractivity contribution in [3.8, 4) is 5.82 Å². The second-order valence-corrected chi connectivity index (χ2v) is 2.84. The smallest absolute Gasteiger partial charge is 0.221 e. The SMILES string of the molecule is [2H]c1nc(N)nc(-n2c([2H])nc(Br)c2[2H])c1[2H]. The van der Waals surface area contributed by atoms with E-state index in [0.717, 1.165) is 4.57 Å². The molecule has 0 amide bonds. The normalized spacial score (nSPS) is 14.5. The summed E-state index contributed by atoms with van der Waals surface area (Å²) in [6.07, 6.45) is -0.773. The van der Waals surface area contributed by atoms with Gasteiger partial charge >= 0.3 is 0 Å². The van der Waals surface area contributed by atoms with Gasteiger partial charge in [-0.2, -0.15) is 4.98 Å². The van der Waals surface area contributed by atoms with Crippen LogP contribution in [0, 0.1) is 0 Å². The van der Waals surface area contributed by atoms with Crippen molar-refractivity contribution < 1.29 is 5.48 Å². The third-order valence-corrected chi connectivity index (χ3v) is 1.58. The van der Waals surface area contributed by atoms with E-state index in [1.807, 2.05) is 0 Å². The molecule has 0 aliphatic heterocycles. The van der Waals surface area contributed by atoms with E-state index in [-0.39, 0.29) is 41.1 Å². The highest BCUT2D eigenvalue weighted by molar-refractivity contribution is 9.10. The Morgan fingerprint density at radius 3 is 3.08 bits per heavy atom. The molecule has 0 fully saturated rings. The zero-order valence-corrected chi connectivity index (χ0v) is 7.83. The Hall–Kier alpha value is -1.43. The summed E-state index contributed by atoms with van der Waals surface area (Å²) in [5.41, 5.74) is 5.38. The van der Waals surface area contributed by atoms with Crippen LogP contribution in [0.15, 0.2) is 29.3 Å². The van der Waals surface area contributed by atoms with Gasteiger partial charge in [0.05, 0.1) is 4.11 Å². The van der Waals surface area contributed by atoms with Gasteiger partial charge in [0.25, 0.3) is 0 Å². The lowest BCUT2D eigenvalue weighted by Gasteiger charge is -1.99. The van der Waals surface area contributed by atoms with E-state index in [1.165, 1.54) is 0 Å². The molecule has 2 heterocycles. The number of rotatable bonds is 1. The summed E-state index contributed by atoms with van der Waals surface area (Å²) in [5.74, 6) is -0.291. The molecule has 13 heavy (non-hydrogen) atoms. The summed E-state index contributed by atoms with van der Waals surface area (Å²) in [6.45, 7) is 0. The molecule has 6 heteroatoms. The first kappa shape index (κ1) is 4.71. The summed E-state index contributed by atoms with van der Waals surface area (Å²) >= 11 is 3.00. The minimum atomic E-state index is -0.365.